The number of nitro benzene ring substituents is 3. The first kappa shape index (κ1) is 19.3. The van der Waals surface area contributed by atoms with Crippen LogP contribution in [-0.2, 0) is 0 Å². The van der Waals surface area contributed by atoms with Crippen molar-refractivity contribution in [1.82, 2.24) is 0 Å². The molecule has 2 aromatic carbocycles. The van der Waals surface area contributed by atoms with E-state index in [0.717, 1.165) is 0 Å². The Morgan fingerprint density at radius 1 is 0.840 bits per heavy atom. The maximum atomic E-state index is 10.4. The minimum absolute atomic E-state index is 0.447. The number of non-ortho nitro benzene ring substituents is 1. The molecule has 0 saturated heterocycles. The van der Waals surface area contributed by atoms with Crippen molar-refractivity contribution in [2.24, 2.45) is 0 Å². The molecule has 0 fully saturated rings. The van der Waals surface area contributed by atoms with Crippen molar-refractivity contribution in [2.75, 3.05) is 19.0 Å². The number of nitro groups is 3. The number of rotatable bonds is 4. The molecule has 2 rings (SSSR count). The number of hydrogen-bond donors (Lipinski definition) is 1. The molecule has 0 bridgehead atoms. The number of anilines is 1. The second-order valence-corrected chi connectivity index (χ2v) is 4.83. The van der Waals surface area contributed by atoms with E-state index in [-0.39, 0.29) is 0 Å². The summed E-state index contributed by atoms with van der Waals surface area (Å²) in [4.78, 5) is 29.9. The first-order chi connectivity index (χ1) is 11.6. The minimum Gasteiger partial charge on any atom is -0.497 e. The number of benzene rings is 2. The largest absolute Gasteiger partial charge is 0.497 e. The summed E-state index contributed by atoms with van der Waals surface area (Å²) in [5, 5.41) is 40.2. The standard InChI is InChI=1S/C8H11N.C6H3N3O7/c1-9(2)8-6-4-3-5-7-8;10-6-4(8(13)14)1-3(7(11)12)2-5(6)9(15)16/h3-7H,1-2H3;1-2,10H. The third-order valence-corrected chi connectivity index (χ3v) is 2.93. The first-order valence-electron chi connectivity index (χ1n) is 6.67. The summed E-state index contributed by atoms with van der Waals surface area (Å²) in [7, 11) is 4.07. The Morgan fingerprint density at radius 3 is 1.56 bits per heavy atom. The van der Waals surface area contributed by atoms with Crippen molar-refractivity contribution in [1.29, 1.82) is 0 Å². The lowest BCUT2D eigenvalue weighted by molar-refractivity contribution is -0.404. The molecular weight excluding hydrogens is 336 g/mol. The predicted octanol–water partition coefficient (Wildman–Crippen LogP) is 2.87. The monoisotopic (exact) mass is 350 g/mol. The fourth-order valence-corrected chi connectivity index (χ4v) is 1.70. The molecule has 0 aromatic heterocycles. The van der Waals surface area contributed by atoms with E-state index >= 15 is 0 Å². The zero-order valence-electron chi connectivity index (χ0n) is 13.2. The van der Waals surface area contributed by atoms with Crippen LogP contribution in [0, 0.1) is 30.3 Å². The van der Waals surface area contributed by atoms with Gasteiger partial charge in [0.15, 0.2) is 0 Å². The summed E-state index contributed by atoms with van der Waals surface area (Å²) in [6.07, 6.45) is 0. The van der Waals surface area contributed by atoms with Crippen LogP contribution in [0.15, 0.2) is 42.5 Å². The summed E-state index contributed by atoms with van der Waals surface area (Å²) in [5.41, 5.74) is -1.75. The second kappa shape index (κ2) is 8.19. The average molecular weight is 350 g/mol. The highest BCUT2D eigenvalue weighted by molar-refractivity contribution is 5.64. The summed E-state index contributed by atoms with van der Waals surface area (Å²) in [6, 6.07) is 11.2. The van der Waals surface area contributed by atoms with Gasteiger partial charge in [-0.1, -0.05) is 18.2 Å². The smallest absolute Gasteiger partial charge is 0.324 e. The van der Waals surface area contributed by atoms with E-state index in [1.807, 2.05) is 32.3 Å². The Labute approximate surface area is 141 Å². The molecule has 11 nitrogen and oxygen atoms in total. The average Bonchev–Trinajstić information content (AvgIpc) is 2.55. The van der Waals surface area contributed by atoms with Gasteiger partial charge in [0.25, 0.3) is 11.4 Å². The predicted molar refractivity (Wildman–Crippen MR) is 88.8 cm³/mol. The van der Waals surface area contributed by atoms with E-state index in [2.05, 4.69) is 17.0 Å². The van der Waals surface area contributed by atoms with Crippen molar-refractivity contribution < 1.29 is 19.9 Å². The van der Waals surface area contributed by atoms with Crippen LogP contribution < -0.4 is 4.90 Å². The Kier molecular flexibility index (Phi) is 6.32. The zero-order valence-corrected chi connectivity index (χ0v) is 13.2. The summed E-state index contributed by atoms with van der Waals surface area (Å²) in [6.45, 7) is 0. The molecule has 0 saturated carbocycles. The van der Waals surface area contributed by atoms with Gasteiger partial charge in [0.05, 0.1) is 26.9 Å². The normalized spacial score (nSPS) is 9.52. The highest BCUT2D eigenvalue weighted by Crippen LogP contribution is 2.38. The van der Waals surface area contributed by atoms with Crippen LogP contribution >= 0.6 is 0 Å². The molecule has 1 N–H and O–H groups in total. The van der Waals surface area contributed by atoms with Gasteiger partial charge in [-0.05, 0) is 12.1 Å². The SMILES string of the molecule is CN(C)c1ccccc1.O=[N+]([O-])c1cc([N+](=O)[O-])c(O)c([N+](=O)[O-])c1. The number of nitrogens with zero attached hydrogens (tertiary/aromatic N) is 4. The third kappa shape index (κ3) is 5.13. The molecule has 0 heterocycles. The van der Waals surface area contributed by atoms with Crippen molar-refractivity contribution in [3.8, 4) is 5.75 Å². The Morgan fingerprint density at radius 2 is 1.28 bits per heavy atom. The molecule has 0 atom stereocenters. The maximum Gasteiger partial charge on any atom is 0.324 e. The Bertz CT molecular complexity index is 758. The maximum absolute atomic E-state index is 10.4. The summed E-state index contributed by atoms with van der Waals surface area (Å²) >= 11 is 0. The number of aromatic hydroxyl groups is 1. The molecule has 0 radical (unpaired) electrons. The van der Waals surface area contributed by atoms with Gasteiger partial charge >= 0.3 is 11.4 Å². The molecule has 0 aliphatic rings. The molecule has 25 heavy (non-hydrogen) atoms. The summed E-state index contributed by atoms with van der Waals surface area (Å²) < 4.78 is 0. The molecule has 0 spiro atoms. The quantitative estimate of drug-likeness (QED) is 0.652. The fraction of sp³-hybridized carbons (Fsp3) is 0.143. The van der Waals surface area contributed by atoms with Crippen LogP contribution in [0.5, 0.6) is 5.75 Å². The van der Waals surface area contributed by atoms with E-state index in [0.29, 0.717) is 12.1 Å². The van der Waals surface area contributed by atoms with Gasteiger partial charge in [-0.2, -0.15) is 0 Å². The van der Waals surface area contributed by atoms with Gasteiger partial charge in [-0.25, -0.2) is 0 Å². The highest BCUT2D eigenvalue weighted by atomic mass is 16.6. The number of phenols is 1. The Balaban J connectivity index is 0.000000293. The van der Waals surface area contributed by atoms with Crippen LogP contribution in [0.4, 0.5) is 22.7 Å². The van der Waals surface area contributed by atoms with E-state index < -0.39 is 37.6 Å². The van der Waals surface area contributed by atoms with Gasteiger partial charge in [-0.3, -0.25) is 30.3 Å². The van der Waals surface area contributed by atoms with E-state index in [9.17, 15) is 30.3 Å². The van der Waals surface area contributed by atoms with E-state index in [1.165, 1.54) is 5.69 Å². The Hall–Kier alpha value is -3.76. The number of hydrogen-bond acceptors (Lipinski definition) is 8. The zero-order chi connectivity index (χ0) is 19.1. The fourth-order valence-electron chi connectivity index (χ4n) is 1.70. The minimum atomic E-state index is -1.21. The lowest BCUT2D eigenvalue weighted by atomic mass is 10.2. The topological polar surface area (TPSA) is 153 Å². The molecule has 0 aliphatic carbocycles. The lowest BCUT2D eigenvalue weighted by Crippen LogP contribution is -2.07. The van der Waals surface area contributed by atoms with Gasteiger partial charge in [-0.15, -0.1) is 0 Å². The summed E-state index contributed by atoms with van der Waals surface area (Å²) in [5.74, 6) is -1.21. The number of phenolic OH excluding ortho intramolecular Hbond substituents is 1. The first-order valence-corrected chi connectivity index (χ1v) is 6.67. The van der Waals surface area contributed by atoms with Gasteiger partial charge in [0, 0.05) is 19.8 Å². The molecule has 0 unspecified atom stereocenters. The van der Waals surface area contributed by atoms with Crippen LogP contribution in [-0.4, -0.2) is 34.0 Å². The van der Waals surface area contributed by atoms with E-state index in [1.54, 1.807) is 0 Å². The molecule has 0 aliphatic heterocycles. The van der Waals surface area contributed by atoms with Crippen molar-refractivity contribution in [3.63, 3.8) is 0 Å². The van der Waals surface area contributed by atoms with Crippen LogP contribution in [0.2, 0.25) is 0 Å². The van der Waals surface area contributed by atoms with Crippen LogP contribution in [0.1, 0.15) is 0 Å². The molecule has 2 aromatic rings. The molecule has 132 valence electrons. The lowest BCUT2D eigenvalue weighted by Gasteiger charge is -2.10. The van der Waals surface area contributed by atoms with E-state index in [4.69, 9.17) is 5.11 Å². The van der Waals surface area contributed by atoms with Crippen molar-refractivity contribution in [2.45, 2.75) is 0 Å². The van der Waals surface area contributed by atoms with Gasteiger partial charge in [0.2, 0.25) is 0 Å². The third-order valence-electron chi connectivity index (χ3n) is 2.93. The molecular formula is C14H14N4O7. The number of para-hydroxylation sites is 1. The molecule has 11 heteroatoms. The second-order valence-electron chi connectivity index (χ2n) is 4.83. The van der Waals surface area contributed by atoms with Crippen LogP contribution in [0.3, 0.4) is 0 Å². The van der Waals surface area contributed by atoms with Crippen molar-refractivity contribution in [3.05, 3.63) is 72.8 Å². The highest BCUT2D eigenvalue weighted by Gasteiger charge is 2.30. The van der Waals surface area contributed by atoms with Crippen LogP contribution in [0.25, 0.3) is 0 Å². The van der Waals surface area contributed by atoms with Gasteiger partial charge in [0.1, 0.15) is 0 Å². The molecule has 0 amide bonds. The van der Waals surface area contributed by atoms with Crippen molar-refractivity contribution >= 4 is 22.7 Å². The van der Waals surface area contributed by atoms with Gasteiger partial charge < -0.3 is 10.0 Å².